The van der Waals surface area contributed by atoms with E-state index in [9.17, 15) is 26.9 Å². The smallest absolute Gasteiger partial charge is 0.418 e. The number of carbonyl (C=O) groups is 2. The third-order valence-electron chi connectivity index (χ3n) is 0.632. The van der Waals surface area contributed by atoms with Gasteiger partial charge in [-0.05, 0) is 0 Å². The van der Waals surface area contributed by atoms with E-state index in [0.717, 1.165) is 0 Å². The number of halogens is 4. The van der Waals surface area contributed by atoms with Crippen molar-refractivity contribution in [1.29, 1.82) is 0 Å². The molecule has 0 saturated carbocycles. The lowest BCUT2D eigenvalue weighted by molar-refractivity contribution is -0.123. The summed E-state index contributed by atoms with van der Waals surface area (Å²) in [6.07, 6.45) is 2.39. The zero-order chi connectivity index (χ0) is 9.78. The molecule has 1 heterocycles. The number of hydrogen-bond acceptors (Lipinski definition) is 2. The van der Waals surface area contributed by atoms with Gasteiger partial charge in [0.15, 0.2) is 0 Å². The molecule has 0 aliphatic carbocycles. The number of nitrogens with one attached hydrogen (secondary N) is 1. The Balaban J connectivity index is 0.000000217. The van der Waals surface area contributed by atoms with E-state index in [4.69, 9.17) is 0 Å². The molecule has 0 radical (unpaired) electrons. The van der Waals surface area contributed by atoms with Gasteiger partial charge >= 0.3 is 7.25 Å². The van der Waals surface area contributed by atoms with Crippen molar-refractivity contribution < 1.29 is 26.9 Å². The van der Waals surface area contributed by atoms with Gasteiger partial charge in [-0.1, -0.05) is 0 Å². The van der Waals surface area contributed by atoms with Crippen molar-refractivity contribution in [2.45, 2.75) is 0 Å². The Kier molecular flexibility index (Phi) is 3.45. The van der Waals surface area contributed by atoms with Crippen molar-refractivity contribution in [3.63, 3.8) is 0 Å². The summed E-state index contributed by atoms with van der Waals surface area (Å²) in [7, 11) is -6.00. The summed E-state index contributed by atoms with van der Waals surface area (Å²) in [5, 5.41) is 2.03. The van der Waals surface area contributed by atoms with Crippen LogP contribution in [-0.2, 0) is 9.59 Å². The highest BCUT2D eigenvalue weighted by Gasteiger charge is 2.20. The maximum atomic E-state index is 10.0. The first-order valence-corrected chi connectivity index (χ1v) is 2.69. The van der Waals surface area contributed by atoms with Gasteiger partial charge in [0.25, 0.3) is 11.8 Å². The van der Waals surface area contributed by atoms with E-state index in [0.29, 0.717) is 0 Å². The van der Waals surface area contributed by atoms with Crippen molar-refractivity contribution >= 4 is 19.1 Å². The van der Waals surface area contributed by atoms with Gasteiger partial charge in [0, 0.05) is 12.2 Å². The normalized spacial score (nSPS) is 15.3. The minimum Gasteiger partial charge on any atom is -0.418 e. The molecule has 1 N–H and O–H groups in total. The molecule has 68 valence electrons. The SMILES string of the molecule is F[B-](F)(F)F.O=C1C=CC(=O)N1. The fourth-order valence-electron chi connectivity index (χ4n) is 0.356. The van der Waals surface area contributed by atoms with Gasteiger partial charge < -0.3 is 17.3 Å². The van der Waals surface area contributed by atoms with E-state index in [1.54, 1.807) is 0 Å². The van der Waals surface area contributed by atoms with E-state index < -0.39 is 7.25 Å². The first-order chi connectivity index (χ1) is 5.29. The van der Waals surface area contributed by atoms with Gasteiger partial charge in [-0.3, -0.25) is 14.9 Å². The summed E-state index contributed by atoms with van der Waals surface area (Å²) in [6.45, 7) is 0. The summed E-state index contributed by atoms with van der Waals surface area (Å²) in [4.78, 5) is 20.1. The Morgan fingerprint density at radius 2 is 1.25 bits per heavy atom. The lowest BCUT2D eigenvalue weighted by atomic mass is 10.3. The van der Waals surface area contributed by atoms with Gasteiger partial charge in [-0.2, -0.15) is 0 Å². The highest BCUT2D eigenvalue weighted by Crippen LogP contribution is 2.06. The van der Waals surface area contributed by atoms with E-state index in [2.05, 4.69) is 0 Å². The number of hydrogen-bond donors (Lipinski definition) is 1. The van der Waals surface area contributed by atoms with Crippen LogP contribution in [0, 0.1) is 0 Å². The quantitative estimate of drug-likeness (QED) is 0.338. The van der Waals surface area contributed by atoms with Gasteiger partial charge in [-0.25, -0.2) is 0 Å². The monoisotopic (exact) mass is 184 g/mol. The standard InChI is InChI=1S/C4H3NO2.BF4/c6-3-1-2-4(7)5-3;2-1(3,4)5/h1-2H,(H,5,6,7);/q;-1. The predicted molar refractivity (Wildman–Crippen MR) is 32.5 cm³/mol. The number of carbonyl (C=O) groups excluding carboxylic acids is 2. The highest BCUT2D eigenvalue weighted by molar-refractivity contribution is 6.50. The molecule has 0 aromatic carbocycles. The summed E-state index contributed by atoms with van der Waals surface area (Å²) in [5.74, 6) is -0.657. The first-order valence-electron chi connectivity index (χ1n) is 2.69. The minimum atomic E-state index is -6.00. The molecule has 0 bridgehead atoms. The molecule has 0 fully saturated rings. The lowest BCUT2D eigenvalue weighted by Crippen LogP contribution is -2.19. The van der Waals surface area contributed by atoms with Crippen LogP contribution in [0.15, 0.2) is 12.2 Å². The maximum absolute atomic E-state index is 10.0. The van der Waals surface area contributed by atoms with Crippen molar-refractivity contribution in [2.24, 2.45) is 0 Å². The second-order valence-corrected chi connectivity index (χ2v) is 1.68. The molecule has 12 heavy (non-hydrogen) atoms. The van der Waals surface area contributed by atoms with Crippen LogP contribution in [0.4, 0.5) is 17.3 Å². The fourth-order valence-corrected chi connectivity index (χ4v) is 0.356. The zero-order valence-electron chi connectivity index (χ0n) is 5.56. The van der Waals surface area contributed by atoms with E-state index >= 15 is 0 Å². The van der Waals surface area contributed by atoms with E-state index in [1.807, 2.05) is 5.32 Å². The average Bonchev–Trinajstić information content (AvgIpc) is 2.09. The van der Waals surface area contributed by atoms with Crippen LogP contribution in [0.25, 0.3) is 0 Å². The van der Waals surface area contributed by atoms with Gasteiger partial charge in [0.2, 0.25) is 0 Å². The molecule has 0 atom stereocenters. The molecule has 1 aliphatic rings. The molecule has 0 saturated heterocycles. The zero-order valence-corrected chi connectivity index (χ0v) is 5.56. The topological polar surface area (TPSA) is 46.2 Å². The summed E-state index contributed by atoms with van der Waals surface area (Å²) in [5.41, 5.74) is 0. The van der Waals surface area contributed by atoms with Crippen molar-refractivity contribution in [1.82, 2.24) is 5.32 Å². The van der Waals surface area contributed by atoms with Crippen LogP contribution in [-0.4, -0.2) is 19.1 Å². The predicted octanol–water partition coefficient (Wildman–Crippen LogP) is 0.499. The van der Waals surface area contributed by atoms with Crippen LogP contribution in [0.1, 0.15) is 0 Å². The summed E-state index contributed by atoms with van der Waals surface area (Å²) >= 11 is 0. The third-order valence-corrected chi connectivity index (χ3v) is 0.632. The van der Waals surface area contributed by atoms with Gasteiger partial charge in [-0.15, -0.1) is 0 Å². The average molecular weight is 184 g/mol. The van der Waals surface area contributed by atoms with Crippen LogP contribution in [0.3, 0.4) is 0 Å². The van der Waals surface area contributed by atoms with Gasteiger partial charge in [0.1, 0.15) is 0 Å². The van der Waals surface area contributed by atoms with Gasteiger partial charge in [0.05, 0.1) is 0 Å². The molecule has 8 heteroatoms. The molecule has 2 amide bonds. The minimum absolute atomic E-state index is 0.329. The molecule has 0 unspecified atom stereocenters. The number of imide groups is 1. The largest absolute Gasteiger partial charge is 0.673 e. The highest BCUT2D eigenvalue weighted by atomic mass is 19.5. The second kappa shape index (κ2) is 3.89. The van der Waals surface area contributed by atoms with Crippen molar-refractivity contribution in [3.05, 3.63) is 12.2 Å². The van der Waals surface area contributed by atoms with Crippen LogP contribution < -0.4 is 5.32 Å². The lowest BCUT2D eigenvalue weighted by Gasteiger charge is -1.94. The molecular formula is C4H3BF4NO2-. The Morgan fingerprint density at radius 1 is 1.00 bits per heavy atom. The van der Waals surface area contributed by atoms with Crippen molar-refractivity contribution in [3.8, 4) is 0 Å². The van der Waals surface area contributed by atoms with Crippen molar-refractivity contribution in [2.75, 3.05) is 0 Å². The molecule has 0 aromatic heterocycles. The molecule has 0 spiro atoms. The Morgan fingerprint density at radius 3 is 1.33 bits per heavy atom. The molecule has 1 aliphatic heterocycles. The van der Waals surface area contributed by atoms with Crippen LogP contribution in [0.2, 0.25) is 0 Å². The fraction of sp³-hybridized carbons (Fsp3) is 0. The van der Waals surface area contributed by atoms with Crippen LogP contribution in [0.5, 0.6) is 0 Å². The maximum Gasteiger partial charge on any atom is 0.673 e. The number of amides is 2. The molecule has 3 nitrogen and oxygen atoms in total. The second-order valence-electron chi connectivity index (χ2n) is 1.68. The van der Waals surface area contributed by atoms with E-state index in [-0.39, 0.29) is 11.8 Å². The molecule has 0 aromatic rings. The molecule has 1 rings (SSSR count). The molecular weight excluding hydrogens is 181 g/mol. The van der Waals surface area contributed by atoms with E-state index in [1.165, 1.54) is 12.2 Å². The Labute approximate surface area is 64.5 Å². The van der Waals surface area contributed by atoms with Crippen LogP contribution >= 0.6 is 0 Å². The number of rotatable bonds is 0. The Bertz CT molecular complexity index is 202. The summed E-state index contributed by atoms with van der Waals surface area (Å²) in [6, 6.07) is 0. The Hall–Kier alpha value is -1.34. The third kappa shape index (κ3) is 8.66. The summed E-state index contributed by atoms with van der Waals surface area (Å²) < 4.78 is 39.0. The first kappa shape index (κ1) is 10.7.